The van der Waals surface area contributed by atoms with Gasteiger partial charge in [0.25, 0.3) is 5.91 Å². The van der Waals surface area contributed by atoms with E-state index in [1.54, 1.807) is 23.7 Å². The molecule has 0 saturated heterocycles. The van der Waals surface area contributed by atoms with E-state index in [1.807, 2.05) is 13.8 Å². The molecule has 0 radical (unpaired) electrons. The Morgan fingerprint density at radius 2 is 1.82 bits per heavy atom. The molecule has 2 aromatic heterocycles. The van der Waals surface area contributed by atoms with Crippen LogP contribution in [-0.4, -0.2) is 38.9 Å². The van der Waals surface area contributed by atoms with Crippen LogP contribution in [0.2, 0.25) is 0 Å². The molecular formula is C26H32F5N5O2S. The van der Waals surface area contributed by atoms with Gasteiger partial charge in [0.1, 0.15) is 10.7 Å². The van der Waals surface area contributed by atoms with Gasteiger partial charge >= 0.3 is 6.18 Å². The summed E-state index contributed by atoms with van der Waals surface area (Å²) < 4.78 is 61.0. The van der Waals surface area contributed by atoms with E-state index in [4.69, 9.17) is 0 Å². The number of nitrogens with zero attached hydrogens (tertiary/aromatic N) is 2. The van der Waals surface area contributed by atoms with Crippen LogP contribution in [0.25, 0.3) is 11.0 Å². The van der Waals surface area contributed by atoms with E-state index < -0.39 is 30.8 Å². The van der Waals surface area contributed by atoms with Crippen molar-refractivity contribution in [3.8, 4) is 0 Å². The van der Waals surface area contributed by atoms with E-state index in [2.05, 4.69) is 25.6 Å². The number of benzene rings is 1. The van der Waals surface area contributed by atoms with Crippen molar-refractivity contribution in [2.75, 3.05) is 0 Å². The van der Waals surface area contributed by atoms with Crippen LogP contribution in [0.4, 0.5) is 22.0 Å². The number of carbonyl (C=O) groups is 2. The standard InChI is InChI=1S/C20H22F3N5O2S.C6H10F2/c1-11(2)17-18(31-10-26-17)19(30)25-9-15-27-13-4-3-12(7-14(13)28-15)8-24-16(29)5-6-20(21,22)23;7-6(8)4-2-1-3-5-6/h3-4,7,10-11H,5-6,8-9H2,1-2H3,(H,24,29)(H,25,30)(H,27,28);1-5H2. The van der Waals surface area contributed by atoms with Gasteiger partial charge in [0.05, 0.1) is 35.2 Å². The monoisotopic (exact) mass is 573 g/mol. The largest absolute Gasteiger partial charge is 0.389 e. The van der Waals surface area contributed by atoms with E-state index in [-0.39, 0.29) is 37.8 Å². The number of imidazole rings is 1. The third-order valence-electron chi connectivity index (χ3n) is 6.07. The molecule has 0 spiro atoms. The van der Waals surface area contributed by atoms with Crippen LogP contribution in [0.3, 0.4) is 0 Å². The number of aromatic nitrogens is 3. The number of nitrogens with one attached hydrogen (secondary N) is 3. The van der Waals surface area contributed by atoms with Gasteiger partial charge in [0.15, 0.2) is 0 Å². The van der Waals surface area contributed by atoms with Crippen molar-refractivity contribution in [2.45, 2.75) is 89.9 Å². The highest BCUT2D eigenvalue weighted by Gasteiger charge is 2.30. The molecule has 1 aromatic carbocycles. The summed E-state index contributed by atoms with van der Waals surface area (Å²) in [6, 6.07) is 5.24. The van der Waals surface area contributed by atoms with Crippen molar-refractivity contribution in [1.29, 1.82) is 0 Å². The second kappa shape index (κ2) is 13.3. The van der Waals surface area contributed by atoms with E-state index in [0.29, 0.717) is 34.6 Å². The molecular weight excluding hydrogens is 541 g/mol. The van der Waals surface area contributed by atoms with Crippen LogP contribution < -0.4 is 10.6 Å². The first kappa shape index (κ1) is 30.5. The van der Waals surface area contributed by atoms with Crippen LogP contribution in [-0.2, 0) is 17.9 Å². The predicted molar refractivity (Wildman–Crippen MR) is 139 cm³/mol. The van der Waals surface area contributed by atoms with Gasteiger partial charge in [-0.2, -0.15) is 13.2 Å². The molecule has 1 fully saturated rings. The van der Waals surface area contributed by atoms with Gasteiger partial charge in [0.2, 0.25) is 11.8 Å². The number of aromatic amines is 1. The second-order valence-corrected chi connectivity index (χ2v) is 10.6. The lowest BCUT2D eigenvalue weighted by Crippen LogP contribution is -2.24. The first-order chi connectivity index (χ1) is 18.3. The molecule has 214 valence electrons. The summed E-state index contributed by atoms with van der Waals surface area (Å²) in [5, 5.41) is 5.31. The molecule has 7 nitrogen and oxygen atoms in total. The van der Waals surface area contributed by atoms with E-state index in [9.17, 15) is 31.5 Å². The Morgan fingerprint density at radius 1 is 1.10 bits per heavy atom. The smallest absolute Gasteiger partial charge is 0.352 e. The summed E-state index contributed by atoms with van der Waals surface area (Å²) in [5.74, 6) is -2.49. The van der Waals surface area contributed by atoms with Crippen LogP contribution in [0.15, 0.2) is 23.7 Å². The number of amides is 2. The molecule has 3 aromatic rings. The highest BCUT2D eigenvalue weighted by Crippen LogP contribution is 2.32. The highest BCUT2D eigenvalue weighted by atomic mass is 32.1. The summed E-state index contributed by atoms with van der Waals surface area (Å²) in [4.78, 5) is 36.4. The minimum absolute atomic E-state index is 0.112. The fourth-order valence-corrected chi connectivity index (χ4v) is 4.86. The quantitative estimate of drug-likeness (QED) is 0.264. The molecule has 39 heavy (non-hydrogen) atoms. The third kappa shape index (κ3) is 9.86. The van der Waals surface area contributed by atoms with Crippen molar-refractivity contribution in [2.24, 2.45) is 0 Å². The van der Waals surface area contributed by atoms with Gasteiger partial charge in [-0.1, -0.05) is 26.3 Å². The van der Waals surface area contributed by atoms with Crippen LogP contribution >= 0.6 is 11.3 Å². The maximum atomic E-state index is 12.4. The van der Waals surface area contributed by atoms with Crippen molar-refractivity contribution in [3.63, 3.8) is 0 Å². The molecule has 13 heteroatoms. The molecule has 1 aliphatic carbocycles. The number of hydrogen-bond acceptors (Lipinski definition) is 5. The highest BCUT2D eigenvalue weighted by molar-refractivity contribution is 7.11. The second-order valence-electron chi connectivity index (χ2n) is 9.75. The fraction of sp³-hybridized carbons (Fsp3) is 0.538. The zero-order chi connectivity index (χ0) is 28.6. The number of hydrogen-bond donors (Lipinski definition) is 3. The molecule has 1 saturated carbocycles. The molecule has 3 N–H and O–H groups in total. The molecule has 1 aliphatic rings. The van der Waals surface area contributed by atoms with Gasteiger partial charge in [-0.05, 0) is 36.5 Å². The Kier molecular flexibility index (Phi) is 10.4. The molecule has 2 heterocycles. The summed E-state index contributed by atoms with van der Waals surface area (Å²) in [5.41, 5.74) is 4.51. The van der Waals surface area contributed by atoms with Crippen molar-refractivity contribution >= 4 is 34.2 Å². The average molecular weight is 574 g/mol. The zero-order valence-electron chi connectivity index (χ0n) is 21.8. The minimum Gasteiger partial charge on any atom is -0.352 e. The van der Waals surface area contributed by atoms with Gasteiger partial charge in [-0.3, -0.25) is 9.59 Å². The summed E-state index contributed by atoms with van der Waals surface area (Å²) in [6.45, 7) is 4.26. The number of alkyl halides is 5. The number of H-pyrrole nitrogens is 1. The Labute approximate surface area is 227 Å². The zero-order valence-corrected chi connectivity index (χ0v) is 22.6. The average Bonchev–Trinajstić information content (AvgIpc) is 3.51. The van der Waals surface area contributed by atoms with E-state index in [0.717, 1.165) is 17.7 Å². The molecule has 4 rings (SSSR count). The molecule has 0 unspecified atom stereocenters. The first-order valence-electron chi connectivity index (χ1n) is 12.7. The van der Waals surface area contributed by atoms with Crippen LogP contribution in [0.1, 0.15) is 91.5 Å². The Bertz CT molecular complexity index is 1250. The molecule has 0 atom stereocenters. The summed E-state index contributed by atoms with van der Waals surface area (Å²) in [6.07, 6.45) is -3.43. The number of carbonyl (C=O) groups excluding carboxylic acids is 2. The van der Waals surface area contributed by atoms with Crippen molar-refractivity contribution in [3.05, 3.63) is 45.7 Å². The molecule has 0 aliphatic heterocycles. The van der Waals surface area contributed by atoms with Gasteiger partial charge in [-0.25, -0.2) is 18.7 Å². The number of rotatable bonds is 8. The third-order valence-corrected chi connectivity index (χ3v) is 6.91. The van der Waals surface area contributed by atoms with Crippen molar-refractivity contribution in [1.82, 2.24) is 25.6 Å². The maximum Gasteiger partial charge on any atom is 0.389 e. The summed E-state index contributed by atoms with van der Waals surface area (Å²) in [7, 11) is 0. The van der Waals surface area contributed by atoms with E-state index in [1.165, 1.54) is 11.3 Å². The Morgan fingerprint density at radius 3 is 2.44 bits per heavy atom. The molecule has 0 bridgehead atoms. The van der Waals surface area contributed by atoms with Crippen LogP contribution in [0.5, 0.6) is 0 Å². The van der Waals surface area contributed by atoms with Gasteiger partial charge < -0.3 is 15.6 Å². The fourth-order valence-electron chi connectivity index (χ4n) is 4.00. The minimum atomic E-state index is -4.35. The number of halogens is 5. The van der Waals surface area contributed by atoms with Gasteiger partial charge in [0, 0.05) is 25.8 Å². The lowest BCUT2D eigenvalue weighted by molar-refractivity contribution is -0.144. The van der Waals surface area contributed by atoms with Crippen LogP contribution in [0, 0.1) is 0 Å². The lowest BCUT2D eigenvalue weighted by atomic mass is 9.97. The Hall–Kier alpha value is -3.09. The number of thiazole rings is 1. The predicted octanol–water partition coefficient (Wildman–Crippen LogP) is 6.62. The molecule has 2 amide bonds. The number of fused-ring (bicyclic) bond motifs is 1. The van der Waals surface area contributed by atoms with Crippen molar-refractivity contribution < 1.29 is 31.5 Å². The normalized spacial score (nSPS) is 15.1. The van der Waals surface area contributed by atoms with E-state index >= 15 is 0 Å². The topological polar surface area (TPSA) is 99.8 Å². The maximum absolute atomic E-state index is 12.4. The lowest BCUT2D eigenvalue weighted by Gasteiger charge is -2.20. The first-order valence-corrected chi connectivity index (χ1v) is 13.6. The summed E-state index contributed by atoms with van der Waals surface area (Å²) >= 11 is 1.29. The van der Waals surface area contributed by atoms with Gasteiger partial charge in [-0.15, -0.1) is 11.3 Å². The SMILES string of the molecule is CC(C)c1ncsc1C(=O)NCc1nc2ccc(CNC(=O)CCC(F)(F)F)cc2[nH]1.FC1(F)CCCCC1. The Balaban J connectivity index is 0.000000449.